The number of nitrogens with zero attached hydrogens (tertiary/aromatic N) is 1. The molecule has 0 bridgehead atoms. The molecule has 16 heavy (non-hydrogen) atoms. The predicted octanol–water partition coefficient (Wildman–Crippen LogP) is 2.63. The topological polar surface area (TPSA) is 15.3 Å². The second kappa shape index (κ2) is 4.86. The molecule has 0 amide bonds. The van der Waals surface area contributed by atoms with Crippen LogP contribution in [0.25, 0.3) is 0 Å². The third-order valence-electron chi connectivity index (χ3n) is 3.51. The molecular weight excluding hydrogens is 216 g/mol. The van der Waals surface area contributed by atoms with E-state index in [0.717, 1.165) is 13.1 Å². The van der Waals surface area contributed by atoms with Gasteiger partial charge in [-0.15, -0.1) is 11.3 Å². The second-order valence-electron chi connectivity index (χ2n) is 5.06. The number of hydrogen-bond acceptors (Lipinski definition) is 3. The molecule has 0 saturated carbocycles. The highest BCUT2D eigenvalue weighted by Gasteiger charge is 2.28. The summed E-state index contributed by atoms with van der Waals surface area (Å²) in [5, 5.41) is 3.63. The van der Waals surface area contributed by atoms with Gasteiger partial charge in [0, 0.05) is 41.5 Å². The van der Waals surface area contributed by atoms with Crippen LogP contribution in [0.2, 0.25) is 0 Å². The molecule has 0 spiro atoms. The van der Waals surface area contributed by atoms with Gasteiger partial charge in [-0.25, -0.2) is 0 Å². The number of aryl methyl sites for hydroxylation is 1. The van der Waals surface area contributed by atoms with Crippen molar-refractivity contribution in [2.24, 2.45) is 0 Å². The second-order valence-corrected chi connectivity index (χ2v) is 6.44. The first-order valence-corrected chi connectivity index (χ1v) is 6.96. The monoisotopic (exact) mass is 238 g/mol. The molecule has 3 heteroatoms. The Balaban J connectivity index is 1.95. The van der Waals surface area contributed by atoms with Crippen molar-refractivity contribution in [2.75, 3.05) is 19.6 Å². The number of rotatable bonds is 3. The molecule has 2 nitrogen and oxygen atoms in total. The van der Waals surface area contributed by atoms with Crippen LogP contribution in [0.4, 0.5) is 0 Å². The van der Waals surface area contributed by atoms with Crippen LogP contribution in [0.1, 0.15) is 30.0 Å². The van der Waals surface area contributed by atoms with Crippen LogP contribution in [0.15, 0.2) is 12.1 Å². The van der Waals surface area contributed by atoms with E-state index < -0.39 is 0 Å². The zero-order valence-electron chi connectivity index (χ0n) is 10.5. The highest BCUT2D eigenvalue weighted by atomic mass is 32.1. The van der Waals surface area contributed by atoms with Crippen molar-refractivity contribution >= 4 is 11.3 Å². The molecule has 90 valence electrons. The minimum atomic E-state index is 0.310. The number of hydrogen-bond donors (Lipinski definition) is 1. The Morgan fingerprint density at radius 3 is 2.94 bits per heavy atom. The van der Waals surface area contributed by atoms with E-state index in [1.54, 1.807) is 0 Å². The first-order valence-electron chi connectivity index (χ1n) is 6.14. The summed E-state index contributed by atoms with van der Waals surface area (Å²) >= 11 is 1.93. The molecule has 1 aromatic heterocycles. The number of thiophene rings is 1. The minimum Gasteiger partial charge on any atom is -0.309 e. The Labute approximate surface area is 103 Å². The fraction of sp³-hybridized carbons (Fsp3) is 0.692. The summed E-state index contributed by atoms with van der Waals surface area (Å²) in [6.45, 7) is 11.4. The maximum Gasteiger partial charge on any atom is 0.0329 e. The Morgan fingerprint density at radius 1 is 1.50 bits per heavy atom. The van der Waals surface area contributed by atoms with Crippen LogP contribution in [-0.4, -0.2) is 30.1 Å². The van der Waals surface area contributed by atoms with Crippen LogP contribution in [0, 0.1) is 6.92 Å². The molecular formula is C13H22N2S. The van der Waals surface area contributed by atoms with E-state index >= 15 is 0 Å². The van der Waals surface area contributed by atoms with E-state index in [0.29, 0.717) is 5.54 Å². The fourth-order valence-electron chi connectivity index (χ4n) is 2.31. The van der Waals surface area contributed by atoms with Crippen molar-refractivity contribution in [3.05, 3.63) is 21.9 Å². The van der Waals surface area contributed by atoms with Gasteiger partial charge in [0.15, 0.2) is 0 Å². The molecule has 1 aromatic rings. The molecule has 1 aliphatic rings. The van der Waals surface area contributed by atoms with Gasteiger partial charge in [-0.3, -0.25) is 4.90 Å². The van der Waals surface area contributed by atoms with E-state index in [9.17, 15) is 0 Å². The van der Waals surface area contributed by atoms with Gasteiger partial charge in [-0.05, 0) is 32.4 Å². The van der Waals surface area contributed by atoms with Crippen molar-refractivity contribution in [3.8, 4) is 0 Å². The molecule has 1 N–H and O–H groups in total. The average Bonchev–Trinajstić information content (AvgIpc) is 2.64. The Morgan fingerprint density at radius 2 is 2.31 bits per heavy atom. The third-order valence-corrected chi connectivity index (χ3v) is 4.49. The van der Waals surface area contributed by atoms with Crippen LogP contribution in [0.5, 0.6) is 0 Å². The van der Waals surface area contributed by atoms with Gasteiger partial charge in [0.2, 0.25) is 0 Å². The van der Waals surface area contributed by atoms with Gasteiger partial charge in [-0.1, -0.05) is 6.92 Å². The highest BCUT2D eigenvalue weighted by Crippen LogP contribution is 2.21. The van der Waals surface area contributed by atoms with Crippen LogP contribution >= 0.6 is 11.3 Å². The van der Waals surface area contributed by atoms with Gasteiger partial charge in [-0.2, -0.15) is 0 Å². The first kappa shape index (κ1) is 12.1. The van der Waals surface area contributed by atoms with Crippen molar-refractivity contribution < 1.29 is 0 Å². The lowest BCUT2D eigenvalue weighted by Gasteiger charge is -2.41. The number of nitrogens with one attached hydrogen (secondary N) is 1. The lowest BCUT2D eigenvalue weighted by molar-refractivity contribution is 0.134. The SMILES string of the molecule is CCC1(C)CN(Cc2ccc(C)s2)CCN1. The first-order chi connectivity index (χ1) is 7.61. The quantitative estimate of drug-likeness (QED) is 0.871. The van der Waals surface area contributed by atoms with Crippen molar-refractivity contribution in [1.29, 1.82) is 0 Å². The molecule has 1 fully saturated rings. The van der Waals surface area contributed by atoms with Crippen molar-refractivity contribution in [3.63, 3.8) is 0 Å². The van der Waals surface area contributed by atoms with Gasteiger partial charge in [0.1, 0.15) is 0 Å². The van der Waals surface area contributed by atoms with Gasteiger partial charge >= 0.3 is 0 Å². The maximum atomic E-state index is 3.63. The zero-order valence-corrected chi connectivity index (χ0v) is 11.4. The Kier molecular flexibility index (Phi) is 3.67. The molecule has 1 saturated heterocycles. The average molecular weight is 238 g/mol. The van der Waals surface area contributed by atoms with E-state index in [-0.39, 0.29) is 0 Å². The van der Waals surface area contributed by atoms with Gasteiger partial charge in [0.05, 0.1) is 0 Å². The summed E-state index contributed by atoms with van der Waals surface area (Å²) in [6.07, 6.45) is 1.20. The maximum absolute atomic E-state index is 3.63. The molecule has 1 aliphatic heterocycles. The summed E-state index contributed by atoms with van der Waals surface area (Å²) in [5.74, 6) is 0. The minimum absolute atomic E-state index is 0.310. The van der Waals surface area contributed by atoms with Crippen LogP contribution in [-0.2, 0) is 6.54 Å². The third kappa shape index (κ3) is 2.84. The highest BCUT2D eigenvalue weighted by molar-refractivity contribution is 7.11. The van der Waals surface area contributed by atoms with E-state index in [2.05, 4.69) is 43.1 Å². The molecule has 2 heterocycles. The summed E-state index contributed by atoms with van der Waals surface area (Å²) in [6, 6.07) is 4.49. The number of piperazine rings is 1. The van der Waals surface area contributed by atoms with E-state index in [1.807, 2.05) is 11.3 Å². The Hall–Kier alpha value is -0.380. The molecule has 0 radical (unpaired) electrons. The Bertz CT molecular complexity index is 347. The molecule has 0 aromatic carbocycles. The lowest BCUT2D eigenvalue weighted by Crippen LogP contribution is -2.57. The van der Waals surface area contributed by atoms with Crippen molar-refractivity contribution in [1.82, 2.24) is 10.2 Å². The largest absolute Gasteiger partial charge is 0.309 e. The molecule has 1 atom stereocenters. The predicted molar refractivity (Wildman–Crippen MR) is 71.0 cm³/mol. The van der Waals surface area contributed by atoms with Crippen LogP contribution in [0.3, 0.4) is 0 Å². The summed E-state index contributed by atoms with van der Waals surface area (Å²) < 4.78 is 0. The standard InChI is InChI=1S/C13H22N2S/c1-4-13(3)10-15(8-7-14-13)9-12-6-5-11(2)16-12/h5-6,14H,4,7-10H2,1-3H3. The summed E-state index contributed by atoms with van der Waals surface area (Å²) in [7, 11) is 0. The molecule has 1 unspecified atom stereocenters. The van der Waals surface area contributed by atoms with E-state index in [1.165, 1.54) is 29.3 Å². The van der Waals surface area contributed by atoms with E-state index in [4.69, 9.17) is 0 Å². The summed E-state index contributed by atoms with van der Waals surface area (Å²) in [4.78, 5) is 5.49. The normalized spacial score (nSPS) is 27.2. The smallest absolute Gasteiger partial charge is 0.0329 e. The zero-order chi connectivity index (χ0) is 11.6. The summed E-state index contributed by atoms with van der Waals surface area (Å²) in [5.41, 5.74) is 0.310. The fourth-order valence-corrected chi connectivity index (χ4v) is 3.24. The van der Waals surface area contributed by atoms with Crippen LogP contribution < -0.4 is 5.32 Å². The van der Waals surface area contributed by atoms with Gasteiger partial charge in [0.25, 0.3) is 0 Å². The lowest BCUT2D eigenvalue weighted by atomic mass is 9.96. The molecule has 2 rings (SSSR count). The van der Waals surface area contributed by atoms with Gasteiger partial charge < -0.3 is 5.32 Å². The van der Waals surface area contributed by atoms with Crippen molar-refractivity contribution in [2.45, 2.75) is 39.3 Å². The molecule has 0 aliphatic carbocycles.